The molecule has 2 aromatic heterocycles. The van der Waals surface area contributed by atoms with Crippen LogP contribution in [0, 0.1) is 6.92 Å². The molecule has 0 saturated heterocycles. The summed E-state index contributed by atoms with van der Waals surface area (Å²) >= 11 is 7.37. The second kappa shape index (κ2) is 7.96. The van der Waals surface area contributed by atoms with Crippen molar-refractivity contribution in [1.82, 2.24) is 9.78 Å². The summed E-state index contributed by atoms with van der Waals surface area (Å²) < 4.78 is 7.47. The molecule has 0 unspecified atom stereocenters. The highest BCUT2D eigenvalue weighted by Gasteiger charge is 2.24. The van der Waals surface area contributed by atoms with Gasteiger partial charge in [-0.15, -0.1) is 11.3 Å². The van der Waals surface area contributed by atoms with Crippen molar-refractivity contribution in [3.8, 4) is 5.75 Å². The average Bonchev–Trinajstić information content (AvgIpc) is 3.32. The van der Waals surface area contributed by atoms with Crippen molar-refractivity contribution in [2.24, 2.45) is 0 Å². The molecule has 0 fully saturated rings. The van der Waals surface area contributed by atoms with Crippen LogP contribution in [-0.4, -0.2) is 27.7 Å². The Morgan fingerprint density at radius 3 is 2.81 bits per heavy atom. The van der Waals surface area contributed by atoms with Gasteiger partial charge in [-0.25, -0.2) is 0 Å². The molecule has 32 heavy (non-hydrogen) atoms. The van der Waals surface area contributed by atoms with Gasteiger partial charge in [0, 0.05) is 16.1 Å². The fourth-order valence-electron chi connectivity index (χ4n) is 3.57. The molecule has 0 spiro atoms. The van der Waals surface area contributed by atoms with Crippen LogP contribution in [0.3, 0.4) is 0 Å². The van der Waals surface area contributed by atoms with Crippen LogP contribution in [0.5, 0.6) is 5.75 Å². The van der Waals surface area contributed by atoms with E-state index in [9.17, 15) is 9.59 Å². The first-order valence-electron chi connectivity index (χ1n) is 10.0. The van der Waals surface area contributed by atoms with Gasteiger partial charge in [0.15, 0.2) is 6.10 Å². The van der Waals surface area contributed by atoms with Gasteiger partial charge in [-0.1, -0.05) is 23.7 Å². The molecule has 2 aromatic carbocycles. The van der Waals surface area contributed by atoms with Crippen LogP contribution in [0.2, 0.25) is 5.02 Å². The van der Waals surface area contributed by atoms with Gasteiger partial charge in [0.25, 0.3) is 11.8 Å². The Kier molecular flexibility index (Phi) is 5.11. The first kappa shape index (κ1) is 20.5. The number of ether oxygens (including phenoxy) is 1. The van der Waals surface area contributed by atoms with E-state index in [0.717, 1.165) is 21.5 Å². The number of carbonyl (C=O) groups is 2. The van der Waals surface area contributed by atoms with E-state index in [0.29, 0.717) is 33.6 Å². The van der Waals surface area contributed by atoms with Gasteiger partial charge in [0.1, 0.15) is 10.6 Å². The third-order valence-electron chi connectivity index (χ3n) is 5.25. The molecule has 1 atom stereocenters. The molecule has 7 nitrogen and oxygen atoms in total. The van der Waals surface area contributed by atoms with Crippen LogP contribution in [-0.2, 0) is 11.3 Å². The zero-order valence-corrected chi connectivity index (χ0v) is 18.9. The molecule has 162 valence electrons. The van der Waals surface area contributed by atoms with Gasteiger partial charge >= 0.3 is 0 Å². The third kappa shape index (κ3) is 3.83. The number of thiophene rings is 1. The van der Waals surface area contributed by atoms with E-state index in [4.69, 9.17) is 16.3 Å². The molecule has 9 heteroatoms. The van der Waals surface area contributed by atoms with E-state index in [2.05, 4.69) is 15.7 Å². The van der Waals surface area contributed by atoms with E-state index in [1.54, 1.807) is 25.1 Å². The summed E-state index contributed by atoms with van der Waals surface area (Å²) in [5, 5.41) is 12.0. The van der Waals surface area contributed by atoms with E-state index < -0.39 is 6.10 Å². The Hall–Kier alpha value is -3.36. The van der Waals surface area contributed by atoms with Crippen molar-refractivity contribution in [3.63, 3.8) is 0 Å². The molecule has 0 aliphatic carbocycles. The molecular formula is C23H19ClN4O3S. The smallest absolute Gasteiger partial charge is 0.265 e. The van der Waals surface area contributed by atoms with Crippen molar-refractivity contribution in [1.29, 1.82) is 0 Å². The first-order valence-corrected chi connectivity index (χ1v) is 11.2. The van der Waals surface area contributed by atoms with Gasteiger partial charge in [-0.2, -0.15) is 5.10 Å². The minimum absolute atomic E-state index is 0.216. The highest BCUT2D eigenvalue weighted by molar-refractivity contribution is 7.20. The number of fused-ring (bicyclic) bond motifs is 2. The maximum Gasteiger partial charge on any atom is 0.265 e. The number of aromatic nitrogens is 2. The molecule has 0 saturated carbocycles. The lowest BCUT2D eigenvalue weighted by molar-refractivity contribution is -0.122. The lowest BCUT2D eigenvalue weighted by atomic mass is 10.2. The quantitative estimate of drug-likeness (QED) is 0.439. The number of carbonyl (C=O) groups excluding carboxylic acids is 2. The molecule has 2 N–H and O–H groups in total. The number of rotatable bonds is 4. The van der Waals surface area contributed by atoms with E-state index >= 15 is 0 Å². The summed E-state index contributed by atoms with van der Waals surface area (Å²) in [6.45, 7) is 4.21. The van der Waals surface area contributed by atoms with Crippen LogP contribution in [0.25, 0.3) is 10.2 Å². The molecule has 4 aromatic rings. The number of benzene rings is 2. The third-order valence-corrected chi connectivity index (χ3v) is 6.64. The monoisotopic (exact) mass is 466 g/mol. The maximum atomic E-state index is 12.9. The Labute approximate surface area is 192 Å². The highest BCUT2D eigenvalue weighted by atomic mass is 35.5. The van der Waals surface area contributed by atoms with E-state index in [1.807, 2.05) is 41.9 Å². The number of anilines is 2. The molecule has 1 aliphatic rings. The van der Waals surface area contributed by atoms with Crippen LogP contribution in [0.4, 0.5) is 11.4 Å². The largest absolute Gasteiger partial charge is 0.479 e. The topological polar surface area (TPSA) is 85.3 Å². The number of aryl methyl sites for hydroxylation is 1. The van der Waals surface area contributed by atoms with E-state index in [1.165, 1.54) is 11.3 Å². The highest BCUT2D eigenvalue weighted by Crippen LogP contribution is 2.33. The van der Waals surface area contributed by atoms with Gasteiger partial charge in [-0.3, -0.25) is 14.3 Å². The SMILES string of the molecule is Cc1nn(Cc2ccc(Cl)cc2)c2sc(C(=O)Nc3ccc4c(c3)NC(=O)[C@@H](C)O4)cc12. The summed E-state index contributed by atoms with van der Waals surface area (Å²) in [4.78, 5) is 26.3. The summed E-state index contributed by atoms with van der Waals surface area (Å²) in [5.41, 5.74) is 3.05. The Morgan fingerprint density at radius 2 is 2.03 bits per heavy atom. The van der Waals surface area contributed by atoms with Crippen molar-refractivity contribution >= 4 is 56.3 Å². The molecule has 3 heterocycles. The summed E-state index contributed by atoms with van der Waals surface area (Å²) in [7, 11) is 0. The normalized spacial score (nSPS) is 15.2. The van der Waals surface area contributed by atoms with Gasteiger partial charge in [-0.05, 0) is 55.8 Å². The second-order valence-electron chi connectivity index (χ2n) is 7.61. The van der Waals surface area contributed by atoms with E-state index in [-0.39, 0.29) is 11.8 Å². The number of hydrogen-bond donors (Lipinski definition) is 2. The number of halogens is 1. The van der Waals surface area contributed by atoms with Crippen LogP contribution >= 0.6 is 22.9 Å². The Bertz CT molecular complexity index is 1360. The van der Waals surface area contributed by atoms with Crippen LogP contribution < -0.4 is 15.4 Å². The van der Waals surface area contributed by atoms with Crippen molar-refractivity contribution in [3.05, 3.63) is 69.7 Å². The standard InChI is InChI=1S/C23H19ClN4O3S/c1-12-17-10-20(32-23(17)28(27-12)11-14-3-5-15(24)6-4-14)22(30)25-16-7-8-19-18(9-16)26-21(29)13(2)31-19/h3-10,13H,11H2,1-2H3,(H,25,30)(H,26,29)/t13-/m1/s1. The van der Waals surface area contributed by atoms with Crippen molar-refractivity contribution < 1.29 is 14.3 Å². The van der Waals surface area contributed by atoms with Crippen LogP contribution in [0.15, 0.2) is 48.5 Å². The molecule has 0 bridgehead atoms. The molecule has 1 aliphatic heterocycles. The minimum atomic E-state index is -0.544. The lowest BCUT2D eigenvalue weighted by Crippen LogP contribution is -2.34. The summed E-state index contributed by atoms with van der Waals surface area (Å²) in [6.07, 6.45) is -0.544. The zero-order chi connectivity index (χ0) is 22.4. The zero-order valence-electron chi connectivity index (χ0n) is 17.3. The molecule has 2 amide bonds. The number of nitrogens with one attached hydrogen (secondary N) is 2. The average molecular weight is 467 g/mol. The Balaban J connectivity index is 1.38. The Morgan fingerprint density at radius 1 is 1.25 bits per heavy atom. The second-order valence-corrected chi connectivity index (χ2v) is 9.08. The predicted molar refractivity (Wildman–Crippen MR) is 126 cm³/mol. The first-order chi connectivity index (χ1) is 15.4. The van der Waals surface area contributed by atoms with Gasteiger partial charge in [0.05, 0.1) is 22.8 Å². The van der Waals surface area contributed by atoms with Gasteiger partial charge in [0.2, 0.25) is 0 Å². The lowest BCUT2D eigenvalue weighted by Gasteiger charge is -2.23. The number of nitrogens with zero attached hydrogens (tertiary/aromatic N) is 2. The predicted octanol–water partition coefficient (Wildman–Crippen LogP) is 5.08. The fourth-order valence-corrected chi connectivity index (χ4v) is 4.76. The van der Waals surface area contributed by atoms with Crippen molar-refractivity contribution in [2.75, 3.05) is 10.6 Å². The van der Waals surface area contributed by atoms with Crippen molar-refractivity contribution in [2.45, 2.75) is 26.5 Å². The van der Waals surface area contributed by atoms with Gasteiger partial charge < -0.3 is 15.4 Å². The number of hydrogen-bond acceptors (Lipinski definition) is 5. The minimum Gasteiger partial charge on any atom is -0.479 e. The molecule has 0 radical (unpaired) electrons. The molecule has 5 rings (SSSR count). The number of amides is 2. The maximum absolute atomic E-state index is 12.9. The fraction of sp³-hybridized carbons (Fsp3) is 0.174. The van der Waals surface area contributed by atoms with Crippen LogP contribution in [0.1, 0.15) is 27.9 Å². The summed E-state index contributed by atoms with van der Waals surface area (Å²) in [5.74, 6) is 0.140. The summed E-state index contributed by atoms with van der Waals surface area (Å²) in [6, 6.07) is 14.7. The molecular weight excluding hydrogens is 448 g/mol.